The van der Waals surface area contributed by atoms with Crippen molar-refractivity contribution >= 4 is 11.6 Å². The quantitative estimate of drug-likeness (QED) is 0.786. The number of hydrogen-bond acceptors (Lipinski definition) is 1. The number of rotatable bonds is 3. The van der Waals surface area contributed by atoms with Crippen LogP contribution in [0.3, 0.4) is 0 Å². The van der Waals surface area contributed by atoms with Crippen molar-refractivity contribution in [2.24, 2.45) is 0 Å². The molecule has 0 saturated heterocycles. The predicted molar refractivity (Wildman–Crippen MR) is 66.9 cm³/mol. The minimum absolute atomic E-state index is 0.228. The average molecular weight is 251 g/mol. The van der Waals surface area contributed by atoms with E-state index in [0.29, 0.717) is 17.4 Å². The Morgan fingerprint density at radius 1 is 1.18 bits per heavy atom. The van der Waals surface area contributed by atoms with Crippen LogP contribution >= 0.6 is 11.6 Å². The molecule has 0 N–H and O–H groups in total. The van der Waals surface area contributed by atoms with Crippen LogP contribution in [0.25, 0.3) is 0 Å². The van der Waals surface area contributed by atoms with Crippen molar-refractivity contribution < 1.29 is 9.13 Å². The van der Waals surface area contributed by atoms with Gasteiger partial charge in [0.15, 0.2) is 0 Å². The molecule has 0 fully saturated rings. The van der Waals surface area contributed by atoms with Crippen LogP contribution in [0.5, 0.6) is 5.75 Å². The lowest BCUT2D eigenvalue weighted by molar-refractivity contribution is 0.305. The summed E-state index contributed by atoms with van der Waals surface area (Å²) in [7, 11) is 0. The SMILES string of the molecule is Cc1cc(F)ccc1COc1cccc(Cl)c1. The van der Waals surface area contributed by atoms with Gasteiger partial charge in [-0.25, -0.2) is 4.39 Å². The van der Waals surface area contributed by atoms with Crippen LogP contribution < -0.4 is 4.74 Å². The lowest BCUT2D eigenvalue weighted by Crippen LogP contribution is -1.98. The van der Waals surface area contributed by atoms with E-state index in [4.69, 9.17) is 16.3 Å². The minimum Gasteiger partial charge on any atom is -0.489 e. The number of hydrogen-bond donors (Lipinski definition) is 0. The zero-order valence-electron chi connectivity index (χ0n) is 9.41. The zero-order valence-corrected chi connectivity index (χ0v) is 10.2. The highest BCUT2D eigenvalue weighted by atomic mass is 35.5. The van der Waals surface area contributed by atoms with Crippen molar-refractivity contribution in [1.29, 1.82) is 0 Å². The summed E-state index contributed by atoms with van der Waals surface area (Å²) in [6.45, 7) is 2.27. The van der Waals surface area contributed by atoms with Gasteiger partial charge in [0.1, 0.15) is 18.2 Å². The molecule has 2 rings (SSSR count). The molecule has 0 spiro atoms. The third-order valence-corrected chi connectivity index (χ3v) is 2.73. The van der Waals surface area contributed by atoms with Gasteiger partial charge in [-0.05, 0) is 48.4 Å². The van der Waals surface area contributed by atoms with Gasteiger partial charge in [0.05, 0.1) is 0 Å². The summed E-state index contributed by atoms with van der Waals surface area (Å²) in [5.41, 5.74) is 1.85. The number of ether oxygens (including phenoxy) is 1. The zero-order chi connectivity index (χ0) is 12.3. The van der Waals surface area contributed by atoms with Crippen molar-refractivity contribution in [1.82, 2.24) is 0 Å². The summed E-state index contributed by atoms with van der Waals surface area (Å²) in [5, 5.41) is 0.637. The standard InChI is InChI=1S/C14H12ClFO/c1-10-7-13(16)6-5-11(10)9-17-14-4-2-3-12(15)8-14/h2-8H,9H2,1H3. The summed E-state index contributed by atoms with van der Waals surface area (Å²) in [4.78, 5) is 0. The Morgan fingerprint density at radius 3 is 2.71 bits per heavy atom. The summed E-state index contributed by atoms with van der Waals surface area (Å²) in [5.74, 6) is 0.482. The first kappa shape index (κ1) is 11.9. The van der Waals surface area contributed by atoms with E-state index in [9.17, 15) is 4.39 Å². The molecule has 0 aliphatic carbocycles. The van der Waals surface area contributed by atoms with E-state index in [1.165, 1.54) is 12.1 Å². The van der Waals surface area contributed by atoms with Crippen LogP contribution in [0.4, 0.5) is 4.39 Å². The van der Waals surface area contributed by atoms with E-state index >= 15 is 0 Å². The second-order valence-corrected chi connectivity index (χ2v) is 4.25. The monoisotopic (exact) mass is 250 g/mol. The lowest BCUT2D eigenvalue weighted by atomic mass is 10.1. The molecule has 0 aliphatic rings. The molecular weight excluding hydrogens is 239 g/mol. The molecule has 0 aliphatic heterocycles. The summed E-state index contributed by atoms with van der Waals surface area (Å²) >= 11 is 5.85. The Bertz CT molecular complexity index is 525. The molecular formula is C14H12ClFO. The van der Waals surface area contributed by atoms with E-state index in [1.807, 2.05) is 19.1 Å². The van der Waals surface area contributed by atoms with Gasteiger partial charge in [0.2, 0.25) is 0 Å². The minimum atomic E-state index is -0.228. The molecule has 1 nitrogen and oxygen atoms in total. The van der Waals surface area contributed by atoms with Gasteiger partial charge in [0, 0.05) is 5.02 Å². The van der Waals surface area contributed by atoms with Crippen LogP contribution in [0, 0.1) is 12.7 Å². The third-order valence-electron chi connectivity index (χ3n) is 2.50. The van der Waals surface area contributed by atoms with Gasteiger partial charge in [-0.15, -0.1) is 0 Å². The van der Waals surface area contributed by atoms with Gasteiger partial charge >= 0.3 is 0 Å². The lowest BCUT2D eigenvalue weighted by Gasteiger charge is -2.08. The maximum Gasteiger partial charge on any atom is 0.123 e. The van der Waals surface area contributed by atoms with Gasteiger partial charge in [-0.1, -0.05) is 23.7 Å². The van der Waals surface area contributed by atoms with E-state index in [-0.39, 0.29) is 5.82 Å². The first-order valence-corrected chi connectivity index (χ1v) is 5.66. The van der Waals surface area contributed by atoms with E-state index in [1.54, 1.807) is 18.2 Å². The van der Waals surface area contributed by atoms with Gasteiger partial charge < -0.3 is 4.74 Å². The second kappa shape index (κ2) is 5.19. The van der Waals surface area contributed by atoms with Gasteiger partial charge in [0.25, 0.3) is 0 Å². The van der Waals surface area contributed by atoms with Crippen LogP contribution in [-0.4, -0.2) is 0 Å². The Hall–Kier alpha value is -1.54. The molecule has 0 radical (unpaired) electrons. The number of aryl methyl sites for hydroxylation is 1. The molecule has 0 heterocycles. The predicted octanol–water partition coefficient (Wildman–Crippen LogP) is 4.37. The van der Waals surface area contributed by atoms with Crippen LogP contribution in [-0.2, 0) is 6.61 Å². The summed E-state index contributed by atoms with van der Waals surface area (Å²) < 4.78 is 18.5. The van der Waals surface area contributed by atoms with Crippen molar-refractivity contribution in [3.63, 3.8) is 0 Å². The fourth-order valence-corrected chi connectivity index (χ4v) is 1.72. The first-order chi connectivity index (χ1) is 8.15. The molecule has 88 valence electrons. The maximum atomic E-state index is 12.9. The number of halogens is 2. The van der Waals surface area contributed by atoms with E-state index in [2.05, 4.69) is 0 Å². The summed E-state index contributed by atoms with van der Waals surface area (Å²) in [6.07, 6.45) is 0. The Labute approximate surface area is 105 Å². The fourth-order valence-electron chi connectivity index (χ4n) is 1.54. The second-order valence-electron chi connectivity index (χ2n) is 3.82. The third kappa shape index (κ3) is 3.21. The van der Waals surface area contributed by atoms with Crippen LogP contribution in [0.1, 0.15) is 11.1 Å². The van der Waals surface area contributed by atoms with Crippen molar-refractivity contribution in [3.8, 4) is 5.75 Å². The van der Waals surface area contributed by atoms with Crippen molar-refractivity contribution in [2.45, 2.75) is 13.5 Å². The molecule has 0 bridgehead atoms. The van der Waals surface area contributed by atoms with E-state index < -0.39 is 0 Å². The van der Waals surface area contributed by atoms with Crippen molar-refractivity contribution in [2.75, 3.05) is 0 Å². The van der Waals surface area contributed by atoms with E-state index in [0.717, 1.165) is 11.1 Å². The Kier molecular flexibility index (Phi) is 3.64. The highest BCUT2D eigenvalue weighted by molar-refractivity contribution is 6.30. The maximum absolute atomic E-state index is 12.9. The molecule has 0 saturated carbocycles. The number of benzene rings is 2. The Morgan fingerprint density at radius 2 is 2.00 bits per heavy atom. The molecule has 0 amide bonds. The van der Waals surface area contributed by atoms with Crippen LogP contribution in [0.15, 0.2) is 42.5 Å². The first-order valence-electron chi connectivity index (χ1n) is 5.28. The molecule has 2 aromatic rings. The molecule has 3 heteroatoms. The fraction of sp³-hybridized carbons (Fsp3) is 0.143. The average Bonchev–Trinajstić information content (AvgIpc) is 2.28. The molecule has 0 unspecified atom stereocenters. The smallest absolute Gasteiger partial charge is 0.123 e. The normalized spacial score (nSPS) is 10.3. The molecule has 0 atom stereocenters. The molecule has 0 aromatic heterocycles. The Balaban J connectivity index is 2.07. The largest absolute Gasteiger partial charge is 0.489 e. The highest BCUT2D eigenvalue weighted by Gasteiger charge is 2.01. The van der Waals surface area contributed by atoms with Gasteiger partial charge in [-0.2, -0.15) is 0 Å². The topological polar surface area (TPSA) is 9.23 Å². The van der Waals surface area contributed by atoms with Crippen LogP contribution in [0.2, 0.25) is 5.02 Å². The van der Waals surface area contributed by atoms with Crippen molar-refractivity contribution in [3.05, 3.63) is 64.4 Å². The molecule has 2 aromatic carbocycles. The molecule has 17 heavy (non-hydrogen) atoms. The summed E-state index contributed by atoms with van der Waals surface area (Å²) in [6, 6.07) is 11.9. The highest BCUT2D eigenvalue weighted by Crippen LogP contribution is 2.19. The van der Waals surface area contributed by atoms with Gasteiger partial charge in [-0.3, -0.25) is 0 Å².